The molecule has 0 atom stereocenters. The first kappa shape index (κ1) is 16.8. The van der Waals surface area contributed by atoms with E-state index in [1.807, 2.05) is 30.0 Å². The number of carbonyl (C=O) groups excluding carboxylic acids is 2. The minimum Gasteiger partial charge on any atom is -0.326 e. The number of benzene rings is 1. The van der Waals surface area contributed by atoms with Crippen molar-refractivity contribution in [2.45, 2.75) is 38.6 Å². The molecule has 6 heteroatoms. The molecule has 0 bridgehead atoms. The van der Waals surface area contributed by atoms with Gasteiger partial charge in [-0.15, -0.1) is 0 Å². The fourth-order valence-corrected chi connectivity index (χ4v) is 3.06. The summed E-state index contributed by atoms with van der Waals surface area (Å²) in [6.07, 6.45) is 3.93. The van der Waals surface area contributed by atoms with Gasteiger partial charge in [0.15, 0.2) is 0 Å². The quantitative estimate of drug-likeness (QED) is 0.872. The number of nitrogens with one attached hydrogen (secondary N) is 2. The Morgan fingerprint density at radius 2 is 1.75 bits per heavy atom. The van der Waals surface area contributed by atoms with E-state index in [9.17, 15) is 9.59 Å². The van der Waals surface area contributed by atoms with E-state index in [4.69, 9.17) is 0 Å². The molecule has 1 aliphatic carbocycles. The van der Waals surface area contributed by atoms with Gasteiger partial charge in [0, 0.05) is 50.0 Å². The molecule has 0 radical (unpaired) electrons. The molecule has 0 aromatic heterocycles. The molecule has 1 saturated carbocycles. The summed E-state index contributed by atoms with van der Waals surface area (Å²) in [5.41, 5.74) is 1.42. The Balaban J connectivity index is 1.51. The van der Waals surface area contributed by atoms with Crippen molar-refractivity contribution in [2.75, 3.05) is 36.8 Å². The predicted octanol–water partition coefficient (Wildman–Crippen LogP) is 2.74. The van der Waals surface area contributed by atoms with Gasteiger partial charge < -0.3 is 15.5 Å². The maximum Gasteiger partial charge on any atom is 0.321 e. The Kier molecular flexibility index (Phi) is 5.35. The van der Waals surface area contributed by atoms with E-state index in [0.717, 1.165) is 38.6 Å². The van der Waals surface area contributed by atoms with Gasteiger partial charge in [-0.25, -0.2) is 4.79 Å². The van der Waals surface area contributed by atoms with Crippen LogP contribution < -0.4 is 10.6 Å². The van der Waals surface area contributed by atoms with Crippen molar-refractivity contribution in [1.29, 1.82) is 0 Å². The van der Waals surface area contributed by atoms with Crippen LogP contribution in [-0.4, -0.2) is 54.0 Å². The summed E-state index contributed by atoms with van der Waals surface area (Å²) in [5, 5.41) is 5.78. The van der Waals surface area contributed by atoms with Crippen LogP contribution in [0.25, 0.3) is 0 Å². The SMILES string of the molecule is CCCC(=O)Nc1cccc(NC(=O)N2CCN(C3CC3)CC2)c1. The highest BCUT2D eigenvalue weighted by atomic mass is 16.2. The highest BCUT2D eigenvalue weighted by molar-refractivity contribution is 5.93. The first-order valence-electron chi connectivity index (χ1n) is 8.85. The topological polar surface area (TPSA) is 64.7 Å². The van der Waals surface area contributed by atoms with Crippen LogP contribution in [0.5, 0.6) is 0 Å². The molecule has 24 heavy (non-hydrogen) atoms. The average Bonchev–Trinajstić information content (AvgIpc) is 3.40. The molecule has 0 spiro atoms. The molecule has 6 nitrogen and oxygen atoms in total. The standard InChI is InChI=1S/C18H26N4O2/c1-2-4-17(23)19-14-5-3-6-15(13-14)20-18(24)22-11-9-21(10-12-22)16-7-8-16/h3,5-6,13,16H,2,4,7-12H2,1H3,(H,19,23)(H,20,24). The van der Waals surface area contributed by atoms with E-state index in [1.165, 1.54) is 12.8 Å². The number of piperazine rings is 1. The zero-order valence-corrected chi connectivity index (χ0v) is 14.3. The summed E-state index contributed by atoms with van der Waals surface area (Å²) in [6.45, 7) is 5.44. The van der Waals surface area contributed by atoms with Crippen molar-refractivity contribution in [3.8, 4) is 0 Å². The van der Waals surface area contributed by atoms with Crippen LogP contribution in [0.15, 0.2) is 24.3 Å². The van der Waals surface area contributed by atoms with Crippen molar-refractivity contribution in [3.63, 3.8) is 0 Å². The first-order valence-corrected chi connectivity index (χ1v) is 8.85. The number of rotatable bonds is 5. The molecule has 1 heterocycles. The number of nitrogens with zero attached hydrogens (tertiary/aromatic N) is 2. The van der Waals surface area contributed by atoms with Gasteiger partial charge in [0.05, 0.1) is 0 Å². The van der Waals surface area contributed by atoms with Crippen LogP contribution in [-0.2, 0) is 4.79 Å². The molecule has 2 aliphatic rings. The third-order valence-electron chi connectivity index (χ3n) is 4.54. The summed E-state index contributed by atoms with van der Waals surface area (Å²) >= 11 is 0. The van der Waals surface area contributed by atoms with Gasteiger partial charge in [-0.2, -0.15) is 0 Å². The molecule has 3 amide bonds. The Hall–Kier alpha value is -2.08. The minimum absolute atomic E-state index is 0.00262. The van der Waals surface area contributed by atoms with Crippen LogP contribution >= 0.6 is 0 Å². The van der Waals surface area contributed by atoms with Gasteiger partial charge in [0.2, 0.25) is 5.91 Å². The Bertz CT molecular complexity index is 592. The summed E-state index contributed by atoms with van der Waals surface area (Å²) in [4.78, 5) is 28.4. The van der Waals surface area contributed by atoms with Crippen LogP contribution in [0.1, 0.15) is 32.6 Å². The van der Waals surface area contributed by atoms with E-state index < -0.39 is 0 Å². The maximum absolute atomic E-state index is 12.4. The van der Waals surface area contributed by atoms with Gasteiger partial charge in [0.1, 0.15) is 0 Å². The van der Waals surface area contributed by atoms with E-state index in [0.29, 0.717) is 17.8 Å². The second kappa shape index (κ2) is 7.66. The Morgan fingerprint density at radius 3 is 2.38 bits per heavy atom. The first-order chi connectivity index (χ1) is 11.7. The van der Waals surface area contributed by atoms with Crippen molar-refractivity contribution in [3.05, 3.63) is 24.3 Å². The van der Waals surface area contributed by atoms with Gasteiger partial charge in [-0.1, -0.05) is 13.0 Å². The van der Waals surface area contributed by atoms with Gasteiger partial charge in [-0.05, 0) is 37.5 Å². The molecular weight excluding hydrogens is 304 g/mol. The molecule has 1 aromatic rings. The maximum atomic E-state index is 12.4. The van der Waals surface area contributed by atoms with E-state index in [-0.39, 0.29) is 11.9 Å². The van der Waals surface area contributed by atoms with E-state index in [1.54, 1.807) is 6.07 Å². The molecule has 2 fully saturated rings. The third kappa shape index (κ3) is 4.47. The number of hydrogen-bond donors (Lipinski definition) is 2. The smallest absolute Gasteiger partial charge is 0.321 e. The van der Waals surface area contributed by atoms with Gasteiger partial charge in [-0.3, -0.25) is 9.69 Å². The lowest BCUT2D eigenvalue weighted by molar-refractivity contribution is -0.116. The summed E-state index contributed by atoms with van der Waals surface area (Å²) in [5.74, 6) is -0.00262. The summed E-state index contributed by atoms with van der Waals surface area (Å²) in [7, 11) is 0. The Labute approximate surface area is 143 Å². The highest BCUT2D eigenvalue weighted by Crippen LogP contribution is 2.27. The fraction of sp³-hybridized carbons (Fsp3) is 0.556. The molecule has 1 aromatic carbocycles. The molecule has 1 saturated heterocycles. The van der Waals surface area contributed by atoms with Gasteiger partial charge >= 0.3 is 6.03 Å². The minimum atomic E-state index is -0.0671. The number of carbonyl (C=O) groups is 2. The monoisotopic (exact) mass is 330 g/mol. The Morgan fingerprint density at radius 1 is 1.08 bits per heavy atom. The average molecular weight is 330 g/mol. The van der Waals surface area contributed by atoms with Gasteiger partial charge in [0.25, 0.3) is 0 Å². The highest BCUT2D eigenvalue weighted by Gasteiger charge is 2.32. The zero-order valence-electron chi connectivity index (χ0n) is 14.3. The van der Waals surface area contributed by atoms with Crippen LogP contribution in [0, 0.1) is 0 Å². The van der Waals surface area contributed by atoms with Crippen LogP contribution in [0.3, 0.4) is 0 Å². The molecule has 130 valence electrons. The number of hydrogen-bond acceptors (Lipinski definition) is 3. The molecular formula is C18H26N4O2. The second-order valence-electron chi connectivity index (χ2n) is 6.56. The molecule has 3 rings (SSSR count). The largest absolute Gasteiger partial charge is 0.326 e. The number of urea groups is 1. The third-order valence-corrected chi connectivity index (χ3v) is 4.54. The number of anilines is 2. The van der Waals surface area contributed by atoms with Crippen molar-refractivity contribution >= 4 is 23.3 Å². The van der Waals surface area contributed by atoms with E-state index >= 15 is 0 Å². The lowest BCUT2D eigenvalue weighted by Crippen LogP contribution is -2.50. The summed E-state index contributed by atoms with van der Waals surface area (Å²) < 4.78 is 0. The zero-order chi connectivity index (χ0) is 16.9. The fourth-order valence-electron chi connectivity index (χ4n) is 3.06. The normalized spacial score (nSPS) is 18.3. The lowest BCUT2D eigenvalue weighted by atomic mass is 10.2. The second-order valence-corrected chi connectivity index (χ2v) is 6.56. The van der Waals surface area contributed by atoms with Crippen molar-refractivity contribution in [2.24, 2.45) is 0 Å². The lowest BCUT2D eigenvalue weighted by Gasteiger charge is -2.34. The molecule has 1 aliphatic heterocycles. The van der Waals surface area contributed by atoms with E-state index in [2.05, 4.69) is 15.5 Å². The molecule has 2 N–H and O–H groups in total. The summed E-state index contributed by atoms with van der Waals surface area (Å²) in [6, 6.07) is 8.00. The van der Waals surface area contributed by atoms with Crippen molar-refractivity contribution in [1.82, 2.24) is 9.80 Å². The van der Waals surface area contributed by atoms with Crippen LogP contribution in [0.2, 0.25) is 0 Å². The number of amides is 3. The van der Waals surface area contributed by atoms with Crippen molar-refractivity contribution < 1.29 is 9.59 Å². The van der Waals surface area contributed by atoms with Crippen LogP contribution in [0.4, 0.5) is 16.2 Å². The predicted molar refractivity (Wildman–Crippen MR) is 95.2 cm³/mol. The molecule has 0 unspecified atom stereocenters.